The van der Waals surface area contributed by atoms with Crippen molar-refractivity contribution < 1.29 is 18.2 Å². The van der Waals surface area contributed by atoms with Crippen LogP contribution in [0.4, 0.5) is 0 Å². The minimum atomic E-state index is -1.06. The first-order chi connectivity index (χ1) is 3.41. The molecular formula is H6O4P2Si. The Kier molecular flexibility index (Phi) is 7.82. The molecule has 0 spiro atoms. The second-order valence-electron chi connectivity index (χ2n) is 0.589. The van der Waals surface area contributed by atoms with Gasteiger partial charge in [0.2, 0.25) is 0 Å². The lowest BCUT2D eigenvalue weighted by Gasteiger charge is -1.93. The summed E-state index contributed by atoms with van der Waals surface area (Å²) in [7, 11) is -2.07. The van der Waals surface area contributed by atoms with Crippen molar-refractivity contribution >= 4 is 28.1 Å². The quantitative estimate of drug-likeness (QED) is 0.315. The van der Waals surface area contributed by atoms with Gasteiger partial charge in [-0.1, -0.05) is 0 Å². The van der Waals surface area contributed by atoms with Gasteiger partial charge in [-0.15, -0.1) is 0 Å². The first kappa shape index (κ1) is 7.92. The van der Waals surface area contributed by atoms with Gasteiger partial charge >= 0.3 is 10.0 Å². The van der Waals surface area contributed by atoms with Gasteiger partial charge in [0.15, 0.2) is 0 Å². The summed E-state index contributed by atoms with van der Waals surface area (Å²) in [5, 5.41) is 0. The Morgan fingerprint density at radius 2 is 1.57 bits per heavy atom. The van der Waals surface area contributed by atoms with Crippen LogP contribution in [0.15, 0.2) is 0 Å². The van der Waals surface area contributed by atoms with Crippen molar-refractivity contribution in [2.24, 2.45) is 0 Å². The van der Waals surface area contributed by atoms with Crippen LogP contribution in [0.1, 0.15) is 0 Å². The summed E-state index contributed by atoms with van der Waals surface area (Å²) in [6, 6.07) is 0. The van der Waals surface area contributed by atoms with Gasteiger partial charge in [-0.2, -0.15) is 0 Å². The molecule has 0 aliphatic heterocycles. The predicted molar refractivity (Wildman–Crippen MR) is 31.8 cm³/mol. The standard InChI is InChI=1S/H6O4P2Si/c1-5-3-7-4-6-2/h1-2,5-6H,7H2. The third-order valence-corrected chi connectivity index (χ3v) is 2.22. The van der Waals surface area contributed by atoms with Crippen LogP contribution in [-0.4, -0.2) is 19.8 Å². The number of hydrogen-bond acceptors (Lipinski definition) is 4. The molecule has 7 heavy (non-hydrogen) atoms. The van der Waals surface area contributed by atoms with Crippen LogP contribution in [0.25, 0.3) is 0 Å². The van der Waals surface area contributed by atoms with Crippen molar-refractivity contribution in [2.45, 2.75) is 0 Å². The van der Waals surface area contributed by atoms with E-state index >= 15 is 0 Å². The Hall–Kier alpha value is 0.917. The van der Waals surface area contributed by atoms with E-state index in [0.717, 1.165) is 0 Å². The monoisotopic (exact) mass is 160 g/mol. The molecule has 0 amide bonds. The summed E-state index contributed by atoms with van der Waals surface area (Å²) in [5.74, 6) is 0. The molecule has 44 valence electrons. The van der Waals surface area contributed by atoms with Gasteiger partial charge in [0.05, 0.1) is 0 Å². The topological polar surface area (TPSA) is 58.9 Å². The number of rotatable bonds is 4. The lowest BCUT2D eigenvalue weighted by molar-refractivity contribution is 0.448. The lowest BCUT2D eigenvalue weighted by atomic mass is 15.7. The molecule has 0 saturated heterocycles. The molecule has 2 atom stereocenters. The highest BCUT2D eigenvalue weighted by atomic mass is 31.1. The van der Waals surface area contributed by atoms with Crippen LogP contribution in [0, 0.1) is 0 Å². The van der Waals surface area contributed by atoms with Crippen molar-refractivity contribution in [1.29, 1.82) is 0 Å². The molecule has 4 nitrogen and oxygen atoms in total. The molecule has 0 aliphatic carbocycles. The van der Waals surface area contributed by atoms with Crippen molar-refractivity contribution in [3.05, 3.63) is 0 Å². The second kappa shape index (κ2) is 6.92. The molecule has 0 radical (unpaired) electrons. The summed E-state index contributed by atoms with van der Waals surface area (Å²) >= 11 is 0. The van der Waals surface area contributed by atoms with E-state index in [-0.39, 0.29) is 0 Å². The van der Waals surface area contributed by atoms with Gasteiger partial charge in [0, 0.05) is 0 Å². The molecular weight excluding hydrogens is 154 g/mol. The molecule has 0 bridgehead atoms. The maximum atomic E-state index is 7.97. The number of hydrogen-bond donors (Lipinski definition) is 2. The fourth-order valence-electron chi connectivity index (χ4n) is 0.0822. The molecule has 0 rings (SSSR count). The van der Waals surface area contributed by atoms with E-state index in [2.05, 4.69) is 8.43 Å². The van der Waals surface area contributed by atoms with Crippen LogP contribution in [0.5, 0.6) is 0 Å². The van der Waals surface area contributed by atoms with Crippen molar-refractivity contribution in [3.8, 4) is 0 Å². The van der Waals surface area contributed by atoms with E-state index in [4.69, 9.17) is 9.79 Å². The molecule has 2 unspecified atom stereocenters. The zero-order valence-corrected chi connectivity index (χ0v) is 6.83. The molecule has 2 N–H and O–H groups in total. The minimum Gasteiger partial charge on any atom is -0.356 e. The molecule has 0 saturated carbocycles. The van der Waals surface area contributed by atoms with Crippen LogP contribution < -0.4 is 0 Å². The van der Waals surface area contributed by atoms with Gasteiger partial charge in [0.25, 0.3) is 0 Å². The predicted octanol–water partition coefficient (Wildman–Crippen LogP) is -0.980. The maximum Gasteiger partial charge on any atom is 0.315 e. The minimum absolute atomic E-state index is 0.502. The zero-order chi connectivity index (χ0) is 5.54. The van der Waals surface area contributed by atoms with Crippen molar-refractivity contribution in [1.82, 2.24) is 0 Å². The fourth-order valence-corrected chi connectivity index (χ4v) is 1.27. The first-order valence-corrected chi connectivity index (χ1v) is 4.30. The zero-order valence-electron chi connectivity index (χ0n) is 3.42. The van der Waals surface area contributed by atoms with E-state index < -0.39 is 28.1 Å². The fraction of sp³-hybridized carbons (Fsp3) is 0. The summed E-state index contributed by atoms with van der Waals surface area (Å²) in [5.41, 5.74) is 0. The lowest BCUT2D eigenvalue weighted by Crippen LogP contribution is -1.88. The Bertz CT molecular complexity index is 28.9. The highest BCUT2D eigenvalue weighted by Crippen LogP contribution is 2.06. The van der Waals surface area contributed by atoms with Crippen LogP contribution in [0.3, 0.4) is 0 Å². The molecule has 0 aromatic carbocycles. The van der Waals surface area contributed by atoms with E-state index in [1.165, 1.54) is 0 Å². The Morgan fingerprint density at radius 3 is 1.86 bits per heavy atom. The van der Waals surface area contributed by atoms with Crippen LogP contribution in [0.2, 0.25) is 0 Å². The highest BCUT2D eigenvalue weighted by Gasteiger charge is 1.81. The maximum absolute atomic E-state index is 7.97. The normalized spacial score (nSPS) is 14.6. The average molecular weight is 160 g/mol. The Morgan fingerprint density at radius 1 is 1.14 bits per heavy atom. The van der Waals surface area contributed by atoms with E-state index in [1.54, 1.807) is 0 Å². The molecule has 0 aliphatic rings. The Balaban J connectivity index is 2.45. The summed E-state index contributed by atoms with van der Waals surface area (Å²) < 4.78 is 8.84. The van der Waals surface area contributed by atoms with E-state index in [0.29, 0.717) is 0 Å². The van der Waals surface area contributed by atoms with Crippen molar-refractivity contribution in [3.63, 3.8) is 0 Å². The second-order valence-corrected chi connectivity index (χ2v) is 3.50. The van der Waals surface area contributed by atoms with E-state index in [1.807, 2.05) is 0 Å². The Labute approximate surface area is 47.2 Å². The molecule has 0 heterocycles. The average Bonchev–Trinajstić information content (AvgIpc) is 1.69. The van der Waals surface area contributed by atoms with Crippen LogP contribution in [-0.2, 0) is 8.43 Å². The molecule has 0 aromatic rings. The van der Waals surface area contributed by atoms with Gasteiger partial charge in [-0.05, 0) is 0 Å². The molecule has 7 heteroatoms. The van der Waals surface area contributed by atoms with Gasteiger partial charge in [-0.25, -0.2) is 0 Å². The summed E-state index contributed by atoms with van der Waals surface area (Å²) in [6.07, 6.45) is 0. The highest BCUT2D eigenvalue weighted by molar-refractivity contribution is 7.28. The summed E-state index contributed by atoms with van der Waals surface area (Å²) in [4.78, 5) is 15.9. The van der Waals surface area contributed by atoms with E-state index in [9.17, 15) is 0 Å². The SMILES string of the molecule is OPO[SiH2]OPO. The van der Waals surface area contributed by atoms with Gasteiger partial charge < -0.3 is 18.2 Å². The largest absolute Gasteiger partial charge is 0.356 e. The third-order valence-electron chi connectivity index (χ3n) is 0.247. The third kappa shape index (κ3) is 6.92. The van der Waals surface area contributed by atoms with Gasteiger partial charge in [-0.3, -0.25) is 0 Å². The van der Waals surface area contributed by atoms with Gasteiger partial charge in [0.1, 0.15) is 18.1 Å². The summed E-state index contributed by atoms with van der Waals surface area (Å²) in [6.45, 7) is 0. The van der Waals surface area contributed by atoms with Crippen LogP contribution >= 0.6 is 18.1 Å². The first-order valence-electron chi connectivity index (χ1n) is 1.43. The molecule has 0 fully saturated rings. The molecule has 0 aromatic heterocycles. The van der Waals surface area contributed by atoms with Crippen molar-refractivity contribution in [2.75, 3.05) is 0 Å². The smallest absolute Gasteiger partial charge is 0.315 e.